The van der Waals surface area contributed by atoms with E-state index in [9.17, 15) is 5.11 Å². The Morgan fingerprint density at radius 1 is 1.53 bits per heavy atom. The van der Waals surface area contributed by atoms with Gasteiger partial charge in [0.25, 0.3) is 0 Å². The van der Waals surface area contributed by atoms with E-state index in [2.05, 4.69) is 32.7 Å². The van der Waals surface area contributed by atoms with Gasteiger partial charge in [-0.15, -0.1) is 0 Å². The van der Waals surface area contributed by atoms with Crippen molar-refractivity contribution in [3.05, 3.63) is 39.9 Å². The summed E-state index contributed by atoms with van der Waals surface area (Å²) in [6.07, 6.45) is 4.83. The Labute approximate surface area is 101 Å². The normalized spacial score (nSPS) is 12.7. The monoisotopic (exact) mass is 315 g/mol. The van der Waals surface area contributed by atoms with Crippen LogP contribution in [0.15, 0.2) is 30.7 Å². The highest BCUT2D eigenvalue weighted by atomic mass is 127. The van der Waals surface area contributed by atoms with Crippen LogP contribution in [0.25, 0.3) is 5.82 Å². The third kappa shape index (κ3) is 2.35. The number of hydrogen-bond donors (Lipinski definition) is 1. The predicted molar refractivity (Wildman–Crippen MR) is 64.7 cm³/mol. The van der Waals surface area contributed by atoms with E-state index in [1.165, 1.54) is 0 Å². The third-order valence-electron chi connectivity index (χ3n) is 2.04. The average Bonchev–Trinajstić information content (AvgIpc) is 2.65. The van der Waals surface area contributed by atoms with Crippen molar-refractivity contribution in [2.75, 3.05) is 0 Å². The lowest BCUT2D eigenvalue weighted by Crippen LogP contribution is -2.00. The van der Waals surface area contributed by atoms with Crippen molar-refractivity contribution in [1.82, 2.24) is 14.8 Å². The van der Waals surface area contributed by atoms with Crippen LogP contribution >= 0.6 is 22.6 Å². The lowest BCUT2D eigenvalue weighted by Gasteiger charge is -2.06. The number of rotatable bonds is 2. The van der Waals surface area contributed by atoms with Crippen LogP contribution in [0, 0.1) is 3.57 Å². The molecular formula is C10H10IN3O. The van der Waals surface area contributed by atoms with Crippen molar-refractivity contribution >= 4 is 22.6 Å². The molecule has 2 aromatic rings. The zero-order chi connectivity index (χ0) is 10.8. The van der Waals surface area contributed by atoms with Gasteiger partial charge in [-0.2, -0.15) is 5.10 Å². The molecule has 0 aliphatic heterocycles. The Kier molecular flexibility index (Phi) is 3.01. The van der Waals surface area contributed by atoms with Gasteiger partial charge in [0.15, 0.2) is 5.82 Å². The highest BCUT2D eigenvalue weighted by Crippen LogP contribution is 2.14. The largest absolute Gasteiger partial charge is 0.389 e. The van der Waals surface area contributed by atoms with Gasteiger partial charge in [0.05, 0.1) is 15.9 Å². The number of aromatic nitrogens is 3. The van der Waals surface area contributed by atoms with E-state index in [1.54, 1.807) is 30.1 Å². The molecule has 0 aliphatic carbocycles. The summed E-state index contributed by atoms with van der Waals surface area (Å²) >= 11 is 2.19. The third-order valence-corrected chi connectivity index (χ3v) is 2.59. The second kappa shape index (κ2) is 4.28. The Morgan fingerprint density at radius 2 is 2.33 bits per heavy atom. The zero-order valence-corrected chi connectivity index (χ0v) is 10.3. The molecule has 0 radical (unpaired) electrons. The Morgan fingerprint density at radius 3 is 2.93 bits per heavy atom. The topological polar surface area (TPSA) is 50.9 Å². The first-order valence-corrected chi connectivity index (χ1v) is 5.59. The van der Waals surface area contributed by atoms with Crippen LogP contribution in [-0.4, -0.2) is 19.9 Å². The van der Waals surface area contributed by atoms with Gasteiger partial charge >= 0.3 is 0 Å². The summed E-state index contributed by atoms with van der Waals surface area (Å²) in [4.78, 5) is 4.19. The second-order valence-electron chi connectivity index (χ2n) is 3.23. The summed E-state index contributed by atoms with van der Waals surface area (Å²) in [5.41, 5.74) is 0.838. The molecule has 2 rings (SSSR count). The first-order chi connectivity index (χ1) is 7.16. The second-order valence-corrected chi connectivity index (χ2v) is 4.47. The highest BCUT2D eigenvalue weighted by molar-refractivity contribution is 14.1. The summed E-state index contributed by atoms with van der Waals surface area (Å²) in [5.74, 6) is 0.719. The molecule has 78 valence electrons. The number of aliphatic hydroxyl groups is 1. The maximum Gasteiger partial charge on any atom is 0.153 e. The van der Waals surface area contributed by atoms with Gasteiger partial charge in [-0.25, -0.2) is 9.67 Å². The molecule has 0 fully saturated rings. The van der Waals surface area contributed by atoms with E-state index in [0.29, 0.717) is 0 Å². The van der Waals surface area contributed by atoms with E-state index in [0.717, 1.165) is 15.0 Å². The summed E-state index contributed by atoms with van der Waals surface area (Å²) in [5, 5.41) is 13.6. The number of hydrogen-bond acceptors (Lipinski definition) is 3. The van der Waals surface area contributed by atoms with E-state index in [1.807, 2.05) is 12.3 Å². The molecule has 1 unspecified atom stereocenters. The van der Waals surface area contributed by atoms with Crippen LogP contribution in [0.1, 0.15) is 18.6 Å². The summed E-state index contributed by atoms with van der Waals surface area (Å²) < 4.78 is 2.74. The Hall–Kier alpha value is -0.950. The van der Waals surface area contributed by atoms with Gasteiger partial charge in [0.2, 0.25) is 0 Å². The first kappa shape index (κ1) is 10.6. The smallest absolute Gasteiger partial charge is 0.153 e. The lowest BCUT2D eigenvalue weighted by molar-refractivity contribution is 0.199. The van der Waals surface area contributed by atoms with E-state index >= 15 is 0 Å². The summed E-state index contributed by atoms with van der Waals surface area (Å²) in [7, 11) is 0. The van der Waals surface area contributed by atoms with Crippen LogP contribution in [0.5, 0.6) is 0 Å². The fourth-order valence-corrected chi connectivity index (χ4v) is 1.63. The minimum Gasteiger partial charge on any atom is -0.389 e. The molecule has 0 spiro atoms. The van der Waals surface area contributed by atoms with Crippen LogP contribution in [0.4, 0.5) is 0 Å². The van der Waals surface area contributed by atoms with Crippen LogP contribution in [-0.2, 0) is 0 Å². The molecule has 4 nitrogen and oxygen atoms in total. The predicted octanol–water partition coefficient (Wildman–Crippen LogP) is 1.93. The van der Waals surface area contributed by atoms with Crippen LogP contribution < -0.4 is 0 Å². The van der Waals surface area contributed by atoms with Crippen molar-refractivity contribution in [3.63, 3.8) is 0 Å². The standard InChI is InChI=1S/C10H10IN3O/c1-7(15)8-2-3-12-10(4-8)14-6-9(11)5-13-14/h2-7,15H,1H3. The molecule has 0 amide bonds. The van der Waals surface area contributed by atoms with Gasteiger partial charge in [-0.1, -0.05) is 0 Å². The van der Waals surface area contributed by atoms with Gasteiger partial charge in [-0.3, -0.25) is 0 Å². The number of aliphatic hydroxyl groups excluding tert-OH is 1. The molecule has 0 aliphatic rings. The average molecular weight is 315 g/mol. The van der Waals surface area contributed by atoms with Crippen LogP contribution in [0.2, 0.25) is 0 Å². The fourth-order valence-electron chi connectivity index (χ4n) is 1.25. The Balaban J connectivity index is 2.41. The van der Waals surface area contributed by atoms with E-state index in [-0.39, 0.29) is 0 Å². The van der Waals surface area contributed by atoms with E-state index in [4.69, 9.17) is 0 Å². The molecule has 5 heteroatoms. The van der Waals surface area contributed by atoms with Crippen LogP contribution in [0.3, 0.4) is 0 Å². The molecule has 2 heterocycles. The summed E-state index contributed by atoms with van der Waals surface area (Å²) in [6.45, 7) is 1.73. The molecule has 1 atom stereocenters. The number of halogens is 1. The molecular weight excluding hydrogens is 305 g/mol. The molecule has 15 heavy (non-hydrogen) atoms. The van der Waals surface area contributed by atoms with Gasteiger partial charge in [-0.05, 0) is 47.2 Å². The van der Waals surface area contributed by atoms with Crippen molar-refractivity contribution in [1.29, 1.82) is 0 Å². The maximum absolute atomic E-state index is 9.44. The minimum absolute atomic E-state index is 0.485. The SMILES string of the molecule is CC(O)c1ccnc(-n2cc(I)cn2)c1. The van der Waals surface area contributed by atoms with Gasteiger partial charge < -0.3 is 5.11 Å². The highest BCUT2D eigenvalue weighted by Gasteiger charge is 2.04. The van der Waals surface area contributed by atoms with Crippen molar-refractivity contribution in [3.8, 4) is 5.82 Å². The van der Waals surface area contributed by atoms with Crippen molar-refractivity contribution < 1.29 is 5.11 Å². The molecule has 0 saturated carbocycles. The van der Waals surface area contributed by atoms with Crippen molar-refractivity contribution in [2.45, 2.75) is 13.0 Å². The molecule has 0 aromatic carbocycles. The van der Waals surface area contributed by atoms with Gasteiger partial charge in [0, 0.05) is 12.4 Å². The summed E-state index contributed by atoms with van der Waals surface area (Å²) in [6, 6.07) is 3.62. The molecule has 1 N–H and O–H groups in total. The minimum atomic E-state index is -0.485. The fraction of sp³-hybridized carbons (Fsp3) is 0.200. The van der Waals surface area contributed by atoms with E-state index < -0.39 is 6.10 Å². The van der Waals surface area contributed by atoms with Gasteiger partial charge in [0.1, 0.15) is 0 Å². The molecule has 2 aromatic heterocycles. The maximum atomic E-state index is 9.44. The Bertz CT molecular complexity index is 467. The molecule has 0 saturated heterocycles. The first-order valence-electron chi connectivity index (χ1n) is 4.51. The lowest BCUT2D eigenvalue weighted by atomic mass is 10.2. The molecule has 0 bridgehead atoms. The number of nitrogens with zero attached hydrogens (tertiary/aromatic N) is 3. The quantitative estimate of drug-likeness (QED) is 0.862. The zero-order valence-electron chi connectivity index (χ0n) is 8.13. The van der Waals surface area contributed by atoms with Crippen molar-refractivity contribution in [2.24, 2.45) is 0 Å². The number of pyridine rings is 1.